The molecule has 0 aliphatic heterocycles. The summed E-state index contributed by atoms with van der Waals surface area (Å²) in [5, 5.41) is 2.75. The van der Waals surface area contributed by atoms with Gasteiger partial charge in [-0.25, -0.2) is 0 Å². The van der Waals surface area contributed by atoms with Crippen LogP contribution < -0.4 is 10.1 Å². The third-order valence-corrected chi connectivity index (χ3v) is 7.06. The molecule has 0 aliphatic rings. The predicted molar refractivity (Wildman–Crippen MR) is 159 cm³/mol. The Morgan fingerprint density at radius 2 is 1.30 bits per heavy atom. The van der Waals surface area contributed by atoms with Gasteiger partial charge in [0.05, 0.1) is 6.42 Å². The number of halogens is 1. The highest BCUT2D eigenvalue weighted by Gasteiger charge is 2.22. The third-order valence-electron chi connectivity index (χ3n) is 6.53. The highest BCUT2D eigenvalue weighted by atomic mass is 79.9. The van der Waals surface area contributed by atoms with Crippen LogP contribution in [-0.4, -0.2) is 24.3 Å². The van der Waals surface area contributed by atoms with Crippen molar-refractivity contribution < 1.29 is 23.9 Å². The van der Waals surface area contributed by atoms with E-state index in [4.69, 9.17) is 9.47 Å². The van der Waals surface area contributed by atoms with E-state index >= 15 is 0 Å². The van der Waals surface area contributed by atoms with Gasteiger partial charge in [-0.3, -0.25) is 14.4 Å². The van der Waals surface area contributed by atoms with Crippen LogP contribution in [0.3, 0.4) is 0 Å². The van der Waals surface area contributed by atoms with E-state index in [-0.39, 0.29) is 36.6 Å². The van der Waals surface area contributed by atoms with E-state index in [1.54, 1.807) is 48.5 Å². The molecular weight excluding hydrogens is 570 g/mol. The molecule has 40 heavy (non-hydrogen) atoms. The summed E-state index contributed by atoms with van der Waals surface area (Å²) in [5.41, 5.74) is 3.32. The van der Waals surface area contributed by atoms with E-state index in [0.29, 0.717) is 22.7 Å². The zero-order valence-electron chi connectivity index (χ0n) is 22.4. The molecule has 0 bridgehead atoms. The number of esters is 1. The third kappa shape index (κ3) is 7.90. The van der Waals surface area contributed by atoms with Crippen molar-refractivity contribution in [2.45, 2.75) is 32.1 Å². The Morgan fingerprint density at radius 3 is 1.93 bits per heavy atom. The van der Waals surface area contributed by atoms with E-state index in [1.165, 1.54) is 11.1 Å². The minimum Gasteiger partial charge on any atom is -0.457 e. The molecule has 4 aromatic carbocycles. The smallest absolute Gasteiger partial charge is 0.306 e. The van der Waals surface area contributed by atoms with Crippen LogP contribution >= 0.6 is 15.9 Å². The fraction of sp³-hybridized carbons (Fsp3) is 0.182. The summed E-state index contributed by atoms with van der Waals surface area (Å²) in [6.45, 7) is 4.03. The number of carbonyl (C=O) groups is 3. The molecule has 1 N–H and O–H groups in total. The number of hydrogen-bond donors (Lipinski definition) is 1. The highest BCUT2D eigenvalue weighted by Crippen LogP contribution is 2.33. The summed E-state index contributed by atoms with van der Waals surface area (Å²) in [5.74, 6) is 0.0946. The van der Waals surface area contributed by atoms with E-state index in [1.807, 2.05) is 30.3 Å². The Labute approximate surface area is 242 Å². The Hall–Kier alpha value is -4.23. The van der Waals surface area contributed by atoms with Crippen molar-refractivity contribution in [3.8, 4) is 11.5 Å². The lowest BCUT2D eigenvalue weighted by molar-refractivity contribution is -0.143. The molecule has 0 spiro atoms. The molecule has 0 aromatic heterocycles. The Balaban J connectivity index is 1.21. The summed E-state index contributed by atoms with van der Waals surface area (Å²) in [6.07, 6.45) is -0.188. The number of anilines is 1. The van der Waals surface area contributed by atoms with Crippen LogP contribution in [0.15, 0.2) is 108 Å². The molecule has 0 aliphatic carbocycles. The van der Waals surface area contributed by atoms with Gasteiger partial charge in [-0.15, -0.1) is 0 Å². The second-order valence-electron chi connectivity index (χ2n) is 9.78. The first kappa shape index (κ1) is 28.8. The van der Waals surface area contributed by atoms with Crippen LogP contribution in [0.4, 0.5) is 5.69 Å². The van der Waals surface area contributed by atoms with Crippen molar-refractivity contribution in [2.24, 2.45) is 0 Å². The number of carbonyl (C=O) groups excluding carboxylic acids is 3. The number of nitrogens with one attached hydrogen (secondary N) is 1. The lowest BCUT2D eigenvalue weighted by Crippen LogP contribution is -2.18. The minimum atomic E-state index is -0.609. The average molecular weight is 601 g/mol. The Morgan fingerprint density at radius 1 is 0.725 bits per heavy atom. The fourth-order valence-corrected chi connectivity index (χ4v) is 4.34. The molecule has 7 heteroatoms. The van der Waals surface area contributed by atoms with Gasteiger partial charge in [0, 0.05) is 27.6 Å². The maximum Gasteiger partial charge on any atom is 0.306 e. The molecule has 0 heterocycles. The van der Waals surface area contributed by atoms with Crippen molar-refractivity contribution in [3.05, 3.63) is 124 Å². The second kappa shape index (κ2) is 13.2. The van der Waals surface area contributed by atoms with Gasteiger partial charge in [-0.2, -0.15) is 0 Å². The maximum atomic E-state index is 12.3. The first-order chi connectivity index (χ1) is 19.2. The molecule has 6 nitrogen and oxygen atoms in total. The average Bonchev–Trinajstić information content (AvgIpc) is 2.97. The molecule has 0 saturated carbocycles. The molecule has 4 rings (SSSR count). The SMILES string of the molecule is CC(C)(c1ccccc1)c1ccc(Oc2ccc(NC(=O)CCC(=O)OCC(=O)c3ccc(Br)cc3)cc2)cc1. The van der Waals surface area contributed by atoms with E-state index in [9.17, 15) is 14.4 Å². The van der Waals surface area contributed by atoms with Gasteiger partial charge in [0.1, 0.15) is 11.5 Å². The molecule has 0 unspecified atom stereocenters. The van der Waals surface area contributed by atoms with Crippen LogP contribution in [0.5, 0.6) is 11.5 Å². The zero-order valence-corrected chi connectivity index (χ0v) is 23.9. The summed E-state index contributed by atoms with van der Waals surface area (Å²) in [6, 6.07) is 32.2. The van der Waals surface area contributed by atoms with Crippen LogP contribution in [0.1, 0.15) is 48.2 Å². The van der Waals surface area contributed by atoms with Crippen LogP contribution in [-0.2, 0) is 19.7 Å². The molecular formula is C33H30BrNO5. The zero-order chi connectivity index (χ0) is 28.5. The Kier molecular flexibility index (Phi) is 9.51. The lowest BCUT2D eigenvalue weighted by atomic mass is 9.78. The predicted octanol–water partition coefficient (Wildman–Crippen LogP) is 7.71. The van der Waals surface area contributed by atoms with E-state index in [0.717, 1.165) is 4.47 Å². The molecule has 204 valence electrons. The maximum absolute atomic E-state index is 12.3. The van der Waals surface area contributed by atoms with Gasteiger partial charge < -0.3 is 14.8 Å². The Bertz CT molecular complexity index is 1450. The van der Waals surface area contributed by atoms with Crippen LogP contribution in [0.25, 0.3) is 0 Å². The number of Topliss-reactive ketones (excluding diaryl/α,β-unsaturated/α-hetero) is 1. The lowest BCUT2D eigenvalue weighted by Gasteiger charge is -2.26. The van der Waals surface area contributed by atoms with Crippen LogP contribution in [0.2, 0.25) is 0 Å². The van der Waals surface area contributed by atoms with Crippen molar-refractivity contribution in [1.29, 1.82) is 0 Å². The van der Waals surface area contributed by atoms with Gasteiger partial charge in [-0.05, 0) is 59.7 Å². The van der Waals surface area contributed by atoms with Crippen molar-refractivity contribution in [3.63, 3.8) is 0 Å². The first-order valence-electron chi connectivity index (χ1n) is 12.9. The number of ketones is 1. The molecule has 0 saturated heterocycles. The second-order valence-corrected chi connectivity index (χ2v) is 10.7. The number of rotatable bonds is 11. The number of hydrogen-bond acceptors (Lipinski definition) is 5. The molecule has 0 radical (unpaired) electrons. The van der Waals surface area contributed by atoms with Crippen molar-refractivity contribution >= 4 is 39.3 Å². The summed E-state index contributed by atoms with van der Waals surface area (Å²) < 4.78 is 11.8. The number of amides is 1. The van der Waals surface area contributed by atoms with Gasteiger partial charge in [0.25, 0.3) is 0 Å². The summed E-state index contributed by atoms with van der Waals surface area (Å²) >= 11 is 3.30. The van der Waals surface area contributed by atoms with Gasteiger partial charge >= 0.3 is 5.97 Å². The monoisotopic (exact) mass is 599 g/mol. The van der Waals surface area contributed by atoms with E-state index in [2.05, 4.69) is 59.4 Å². The van der Waals surface area contributed by atoms with Gasteiger partial charge in [0.15, 0.2) is 12.4 Å². The number of benzene rings is 4. The van der Waals surface area contributed by atoms with E-state index < -0.39 is 5.97 Å². The fourth-order valence-electron chi connectivity index (χ4n) is 4.08. The van der Waals surface area contributed by atoms with Gasteiger partial charge in [-0.1, -0.05) is 84.4 Å². The summed E-state index contributed by atoms with van der Waals surface area (Å²) in [4.78, 5) is 36.4. The summed E-state index contributed by atoms with van der Waals surface area (Å²) in [7, 11) is 0. The van der Waals surface area contributed by atoms with Gasteiger partial charge in [0.2, 0.25) is 5.91 Å². The molecule has 0 atom stereocenters. The highest BCUT2D eigenvalue weighted by molar-refractivity contribution is 9.10. The number of ether oxygens (including phenoxy) is 2. The molecule has 4 aromatic rings. The standard InChI is InChI=1S/C33H30BrNO5/c1-33(2,24-6-4-3-5-7-24)25-10-16-28(17-11-25)40-29-18-14-27(15-19-29)35-31(37)20-21-32(38)39-22-30(36)23-8-12-26(34)13-9-23/h3-19H,20-22H2,1-2H3,(H,35,37). The van der Waals surface area contributed by atoms with Crippen molar-refractivity contribution in [2.75, 3.05) is 11.9 Å². The quantitative estimate of drug-likeness (QED) is 0.141. The minimum absolute atomic E-state index is 0.0603. The molecule has 1 amide bonds. The normalized spacial score (nSPS) is 11.0. The van der Waals surface area contributed by atoms with Crippen molar-refractivity contribution in [1.82, 2.24) is 0 Å². The first-order valence-corrected chi connectivity index (χ1v) is 13.7. The molecule has 0 fully saturated rings. The largest absolute Gasteiger partial charge is 0.457 e. The van der Waals surface area contributed by atoms with Crippen LogP contribution in [0, 0.1) is 0 Å². The topological polar surface area (TPSA) is 81.7 Å².